The standard InChI is InChI=1S/C14H14N2O.C13H19NO2/c1-3-9-16(2)14-6-4-5-13-12(14)8-7-11(10-17)15-13;1-13(6-7-16-9-13)10-4-5-12(15-3)11(8-10)14-2/h3-10H,1-2H3;4-5,8,14H,6-7,9H2,1-3H3/b9-3-;. The number of aldehydes is 1. The number of nitrogens with one attached hydrogen (secondary N) is 1. The number of pyridine rings is 1. The largest absolute Gasteiger partial charge is 0.495 e. The highest BCUT2D eigenvalue weighted by Crippen LogP contribution is 2.36. The topological polar surface area (TPSA) is 63.7 Å². The second-order valence-electron chi connectivity index (χ2n) is 8.32. The number of nitrogens with zero attached hydrogens (tertiary/aromatic N) is 2. The fourth-order valence-corrected chi connectivity index (χ4v) is 4.01. The fraction of sp³-hybridized carbons (Fsp3) is 0.333. The lowest BCUT2D eigenvalue weighted by Crippen LogP contribution is -2.21. The van der Waals surface area contributed by atoms with Gasteiger partial charge in [-0.2, -0.15) is 0 Å². The molecule has 1 fully saturated rings. The van der Waals surface area contributed by atoms with Crippen LogP contribution in [-0.2, 0) is 10.2 Å². The molecule has 0 amide bonds. The zero-order valence-electron chi connectivity index (χ0n) is 20.1. The lowest BCUT2D eigenvalue weighted by atomic mass is 9.82. The van der Waals surface area contributed by atoms with Crippen LogP contribution in [-0.4, -0.2) is 45.7 Å². The van der Waals surface area contributed by atoms with Crippen molar-refractivity contribution in [2.24, 2.45) is 0 Å². The fourth-order valence-electron chi connectivity index (χ4n) is 4.01. The van der Waals surface area contributed by atoms with Crippen molar-refractivity contribution >= 4 is 28.6 Å². The van der Waals surface area contributed by atoms with Gasteiger partial charge >= 0.3 is 0 Å². The average Bonchev–Trinajstić information content (AvgIpc) is 3.31. The van der Waals surface area contributed by atoms with E-state index in [1.807, 2.05) is 68.5 Å². The van der Waals surface area contributed by atoms with Crippen molar-refractivity contribution < 1.29 is 14.3 Å². The maximum atomic E-state index is 10.7. The number of carbonyl (C=O) groups is 1. The van der Waals surface area contributed by atoms with Gasteiger partial charge in [0.25, 0.3) is 0 Å². The van der Waals surface area contributed by atoms with Crippen LogP contribution in [0.25, 0.3) is 10.9 Å². The molecule has 4 rings (SSSR count). The van der Waals surface area contributed by atoms with Gasteiger partial charge in [-0.3, -0.25) is 4.79 Å². The summed E-state index contributed by atoms with van der Waals surface area (Å²) in [6, 6.07) is 15.9. The number of allylic oxidation sites excluding steroid dienone is 1. The number of carbonyl (C=O) groups excluding carboxylic acids is 1. The smallest absolute Gasteiger partial charge is 0.168 e. The van der Waals surface area contributed by atoms with E-state index in [1.165, 1.54) is 5.56 Å². The molecule has 1 saturated heterocycles. The van der Waals surface area contributed by atoms with Crippen molar-refractivity contribution in [1.29, 1.82) is 0 Å². The molecule has 1 N–H and O–H groups in total. The SMILES string of the molecule is C/C=C\N(C)c1cccc2nc(C=O)ccc12.CNc1cc(C2(C)CCOC2)ccc1OC. The van der Waals surface area contributed by atoms with Gasteiger partial charge in [0.05, 0.1) is 24.9 Å². The highest BCUT2D eigenvalue weighted by Gasteiger charge is 2.32. The van der Waals surface area contributed by atoms with Gasteiger partial charge in [-0.15, -0.1) is 0 Å². The van der Waals surface area contributed by atoms with E-state index in [2.05, 4.69) is 29.4 Å². The third-order valence-electron chi connectivity index (χ3n) is 5.99. The zero-order valence-corrected chi connectivity index (χ0v) is 20.1. The van der Waals surface area contributed by atoms with Gasteiger partial charge in [0.15, 0.2) is 6.29 Å². The van der Waals surface area contributed by atoms with Gasteiger partial charge in [0.2, 0.25) is 0 Å². The van der Waals surface area contributed by atoms with Crippen molar-refractivity contribution in [3.05, 3.63) is 72.1 Å². The summed E-state index contributed by atoms with van der Waals surface area (Å²) in [5.41, 5.74) is 4.87. The Kier molecular flexibility index (Phi) is 8.06. The third kappa shape index (κ3) is 5.52. The van der Waals surface area contributed by atoms with Crippen LogP contribution in [0.15, 0.2) is 60.8 Å². The Morgan fingerprint density at radius 1 is 1.21 bits per heavy atom. The molecule has 1 aliphatic rings. The molecule has 3 aromatic rings. The van der Waals surface area contributed by atoms with Crippen molar-refractivity contribution in [2.75, 3.05) is 44.6 Å². The Bertz CT molecular complexity index is 1120. The van der Waals surface area contributed by atoms with Gasteiger partial charge in [0.1, 0.15) is 11.4 Å². The molecule has 1 aliphatic heterocycles. The summed E-state index contributed by atoms with van der Waals surface area (Å²) in [7, 11) is 5.59. The lowest BCUT2D eigenvalue weighted by Gasteiger charge is -2.23. The summed E-state index contributed by atoms with van der Waals surface area (Å²) in [5.74, 6) is 0.883. The number of hydrogen-bond donors (Lipinski definition) is 1. The molecule has 0 spiro atoms. The molecule has 0 bridgehead atoms. The van der Waals surface area contributed by atoms with Crippen LogP contribution in [0.1, 0.15) is 36.3 Å². The minimum atomic E-state index is 0.151. The average molecular weight is 448 g/mol. The van der Waals surface area contributed by atoms with Crippen LogP contribution in [0.5, 0.6) is 5.75 Å². The zero-order chi connectivity index (χ0) is 23.8. The molecule has 0 radical (unpaired) electrons. The number of ether oxygens (including phenoxy) is 2. The Labute approximate surface area is 196 Å². The normalized spacial score (nSPS) is 17.5. The van der Waals surface area contributed by atoms with E-state index in [1.54, 1.807) is 13.2 Å². The first-order chi connectivity index (χ1) is 16.0. The highest BCUT2D eigenvalue weighted by molar-refractivity contribution is 5.93. The lowest BCUT2D eigenvalue weighted by molar-refractivity contribution is 0.111. The van der Waals surface area contributed by atoms with Crippen LogP contribution >= 0.6 is 0 Å². The molecule has 6 heteroatoms. The molecule has 2 heterocycles. The number of rotatable bonds is 6. The van der Waals surface area contributed by atoms with Gasteiger partial charge < -0.3 is 19.7 Å². The molecule has 1 unspecified atom stereocenters. The maximum absolute atomic E-state index is 10.7. The molecular formula is C27H33N3O3. The number of benzene rings is 2. The molecule has 174 valence electrons. The quantitative estimate of drug-likeness (QED) is 0.508. The molecule has 1 aromatic heterocycles. The molecule has 1 atom stereocenters. The first kappa shape index (κ1) is 24.3. The van der Waals surface area contributed by atoms with E-state index >= 15 is 0 Å². The Morgan fingerprint density at radius 3 is 2.67 bits per heavy atom. The van der Waals surface area contributed by atoms with Gasteiger partial charge in [0, 0.05) is 37.2 Å². The molecule has 33 heavy (non-hydrogen) atoms. The molecule has 0 saturated carbocycles. The summed E-state index contributed by atoms with van der Waals surface area (Å²) in [4.78, 5) is 17.0. The summed E-state index contributed by atoms with van der Waals surface area (Å²) < 4.78 is 10.8. The van der Waals surface area contributed by atoms with Crippen molar-refractivity contribution in [1.82, 2.24) is 4.98 Å². The van der Waals surface area contributed by atoms with Crippen molar-refractivity contribution in [2.45, 2.75) is 25.7 Å². The first-order valence-electron chi connectivity index (χ1n) is 11.1. The molecule has 6 nitrogen and oxygen atoms in total. The van der Waals surface area contributed by atoms with E-state index in [0.717, 1.165) is 53.9 Å². The van der Waals surface area contributed by atoms with Crippen LogP contribution in [0.3, 0.4) is 0 Å². The maximum Gasteiger partial charge on any atom is 0.168 e. The van der Waals surface area contributed by atoms with Gasteiger partial charge in [-0.25, -0.2) is 4.98 Å². The highest BCUT2D eigenvalue weighted by atomic mass is 16.5. The summed E-state index contributed by atoms with van der Waals surface area (Å²) in [6.45, 7) is 5.89. The second kappa shape index (κ2) is 11.0. The Balaban J connectivity index is 0.000000186. The van der Waals surface area contributed by atoms with Crippen LogP contribution < -0.4 is 15.0 Å². The second-order valence-corrected chi connectivity index (χ2v) is 8.32. The molecule has 0 aliphatic carbocycles. The van der Waals surface area contributed by atoms with Crippen LogP contribution in [0.4, 0.5) is 11.4 Å². The van der Waals surface area contributed by atoms with E-state index in [0.29, 0.717) is 5.69 Å². The van der Waals surface area contributed by atoms with Gasteiger partial charge in [-0.05, 0) is 61.5 Å². The number of fused-ring (bicyclic) bond motifs is 1. The number of methoxy groups -OCH3 is 1. The summed E-state index contributed by atoms with van der Waals surface area (Å²) in [5, 5.41) is 4.20. The summed E-state index contributed by atoms with van der Waals surface area (Å²) >= 11 is 0. The van der Waals surface area contributed by atoms with Crippen LogP contribution in [0, 0.1) is 0 Å². The number of aromatic nitrogens is 1. The first-order valence-corrected chi connectivity index (χ1v) is 11.1. The molecule has 2 aromatic carbocycles. The predicted octanol–water partition coefficient (Wildman–Crippen LogP) is 5.43. The Morgan fingerprint density at radius 2 is 2.03 bits per heavy atom. The van der Waals surface area contributed by atoms with E-state index in [4.69, 9.17) is 9.47 Å². The predicted molar refractivity (Wildman–Crippen MR) is 136 cm³/mol. The van der Waals surface area contributed by atoms with Gasteiger partial charge in [-0.1, -0.05) is 25.1 Å². The van der Waals surface area contributed by atoms with Crippen molar-refractivity contribution in [3.63, 3.8) is 0 Å². The van der Waals surface area contributed by atoms with Crippen molar-refractivity contribution in [3.8, 4) is 5.75 Å². The number of hydrogen-bond acceptors (Lipinski definition) is 6. The Hall–Kier alpha value is -3.38. The number of anilines is 2. The summed E-state index contributed by atoms with van der Waals surface area (Å²) in [6.07, 6.45) is 5.82. The monoisotopic (exact) mass is 447 g/mol. The van der Waals surface area contributed by atoms with Crippen LogP contribution in [0.2, 0.25) is 0 Å². The van der Waals surface area contributed by atoms with E-state index in [-0.39, 0.29) is 5.41 Å². The minimum Gasteiger partial charge on any atom is -0.495 e. The third-order valence-corrected chi connectivity index (χ3v) is 5.99. The minimum absolute atomic E-state index is 0.151. The van der Waals surface area contributed by atoms with E-state index in [9.17, 15) is 4.79 Å². The molecular weight excluding hydrogens is 414 g/mol. The van der Waals surface area contributed by atoms with E-state index < -0.39 is 0 Å².